The summed E-state index contributed by atoms with van der Waals surface area (Å²) in [5, 5.41) is 14.6. The van der Waals surface area contributed by atoms with E-state index in [9.17, 15) is 10.1 Å². The quantitative estimate of drug-likeness (QED) is 0.154. The van der Waals surface area contributed by atoms with Crippen molar-refractivity contribution in [3.05, 3.63) is 119 Å². The van der Waals surface area contributed by atoms with E-state index in [1.54, 1.807) is 20.1 Å². The van der Waals surface area contributed by atoms with Crippen LogP contribution in [0.4, 0.5) is 5.69 Å². The molecule has 1 unspecified atom stereocenters. The molecule has 1 saturated heterocycles. The number of hydrogen-bond acceptors (Lipinski definition) is 7. The highest BCUT2D eigenvalue weighted by Gasteiger charge is 2.29. The first-order chi connectivity index (χ1) is 24.2. The van der Waals surface area contributed by atoms with E-state index < -0.39 is 0 Å². The van der Waals surface area contributed by atoms with Gasteiger partial charge < -0.3 is 19.9 Å². The second-order valence-electron chi connectivity index (χ2n) is 13.4. The van der Waals surface area contributed by atoms with Gasteiger partial charge in [0.1, 0.15) is 17.5 Å². The van der Waals surface area contributed by atoms with Crippen LogP contribution >= 0.6 is 0 Å². The number of hydrogen-bond donors (Lipinski definition) is 1. The van der Waals surface area contributed by atoms with Crippen LogP contribution in [0.3, 0.4) is 0 Å². The smallest absolute Gasteiger partial charge is 0.253 e. The Bertz CT molecular complexity index is 2000. The molecular formula is C42H46N6O2. The van der Waals surface area contributed by atoms with Gasteiger partial charge in [0.15, 0.2) is 0 Å². The molecule has 0 bridgehead atoms. The number of carbonyl (C=O) groups excluding carboxylic acids is 1. The van der Waals surface area contributed by atoms with Gasteiger partial charge >= 0.3 is 0 Å². The van der Waals surface area contributed by atoms with Crippen LogP contribution < -0.4 is 15.0 Å². The van der Waals surface area contributed by atoms with Gasteiger partial charge in [-0.2, -0.15) is 5.26 Å². The molecule has 6 rings (SSSR count). The zero-order valence-electron chi connectivity index (χ0n) is 29.7. The van der Waals surface area contributed by atoms with Crippen LogP contribution in [0, 0.1) is 32.1 Å². The predicted molar refractivity (Wildman–Crippen MR) is 201 cm³/mol. The van der Waals surface area contributed by atoms with E-state index in [1.807, 2.05) is 25.4 Å². The topological polar surface area (TPSA) is 94.4 Å². The Labute approximate surface area is 295 Å². The number of anilines is 1. The summed E-state index contributed by atoms with van der Waals surface area (Å²) in [6, 6.07) is 28.2. The summed E-state index contributed by atoms with van der Waals surface area (Å²) < 4.78 is 5.46. The largest absolute Gasteiger partial charge is 0.497 e. The Kier molecular flexibility index (Phi) is 10.7. The molecule has 1 fully saturated rings. The fourth-order valence-corrected chi connectivity index (χ4v) is 7.28. The molecule has 1 aliphatic heterocycles. The van der Waals surface area contributed by atoms with Gasteiger partial charge in [0.05, 0.1) is 18.4 Å². The molecule has 1 aliphatic rings. The summed E-state index contributed by atoms with van der Waals surface area (Å²) in [6.45, 7) is 11.4. The molecule has 0 radical (unpaired) electrons. The second kappa shape index (κ2) is 15.5. The van der Waals surface area contributed by atoms with Crippen LogP contribution in [0.2, 0.25) is 0 Å². The number of amides is 1. The molecule has 256 valence electrons. The molecule has 50 heavy (non-hydrogen) atoms. The molecule has 3 heterocycles. The number of rotatable bonds is 11. The Hall–Kier alpha value is -5.26. The fourth-order valence-electron chi connectivity index (χ4n) is 7.28. The number of methoxy groups -OCH3 is 1. The number of carbonyl (C=O) groups is 1. The number of nitriles is 1. The lowest BCUT2D eigenvalue weighted by Gasteiger charge is -2.42. The van der Waals surface area contributed by atoms with Gasteiger partial charge in [0, 0.05) is 61.9 Å². The maximum atomic E-state index is 13.0. The zero-order valence-corrected chi connectivity index (χ0v) is 29.7. The van der Waals surface area contributed by atoms with Crippen molar-refractivity contribution in [1.29, 1.82) is 5.26 Å². The number of pyridine rings is 2. The van der Waals surface area contributed by atoms with Gasteiger partial charge in [0.25, 0.3) is 5.91 Å². The number of nitrogens with zero attached hydrogens (tertiary/aromatic N) is 5. The van der Waals surface area contributed by atoms with Crippen molar-refractivity contribution >= 4 is 22.4 Å². The van der Waals surface area contributed by atoms with E-state index in [-0.39, 0.29) is 5.91 Å². The molecule has 0 saturated carbocycles. The minimum atomic E-state index is -0.131. The summed E-state index contributed by atoms with van der Waals surface area (Å²) in [5.74, 6) is 0.730. The first-order valence-corrected chi connectivity index (χ1v) is 17.5. The summed E-state index contributed by atoms with van der Waals surface area (Å²) >= 11 is 0. The van der Waals surface area contributed by atoms with E-state index >= 15 is 0 Å². The predicted octanol–water partition coefficient (Wildman–Crippen LogP) is 7.78. The molecule has 2 aromatic heterocycles. The minimum absolute atomic E-state index is 0.131. The molecule has 5 aromatic rings. The van der Waals surface area contributed by atoms with Gasteiger partial charge in [-0.25, -0.2) is 4.98 Å². The number of likely N-dealkylation sites (tertiary alicyclic amines) is 1. The third-order valence-corrected chi connectivity index (χ3v) is 10.2. The monoisotopic (exact) mass is 666 g/mol. The number of ether oxygens (including phenoxy) is 1. The van der Waals surface area contributed by atoms with Crippen molar-refractivity contribution < 1.29 is 9.53 Å². The second-order valence-corrected chi connectivity index (χ2v) is 13.4. The molecular weight excluding hydrogens is 621 g/mol. The highest BCUT2D eigenvalue weighted by atomic mass is 16.5. The van der Waals surface area contributed by atoms with Crippen LogP contribution in [-0.4, -0.2) is 59.6 Å². The van der Waals surface area contributed by atoms with Crippen molar-refractivity contribution in [2.45, 2.75) is 65.6 Å². The molecule has 1 amide bonds. The standard InChI is InChI=1S/C42H46N6O2/c1-28-14-18-44-26-35(28)27-48(40-9-7-6-8-39(40)34-11-10-33-24-38(50-5)13-12-32(33)23-34)37-16-20-47(21-17-37)30(3)15-19-45-42(49)41-29(2)22-36(25-43)46-31(41)4/h6-14,18,22-24,26,30,37H,15-17,19-21,27H2,1-5H3,(H,45,49). The van der Waals surface area contributed by atoms with E-state index in [2.05, 4.69) is 106 Å². The normalized spacial score (nSPS) is 14.2. The Morgan fingerprint density at radius 3 is 2.52 bits per heavy atom. The van der Waals surface area contributed by atoms with Crippen molar-refractivity contribution in [2.24, 2.45) is 0 Å². The number of benzene rings is 3. The fraction of sp³-hybridized carbons (Fsp3) is 0.333. The lowest BCUT2D eigenvalue weighted by Crippen LogP contribution is -2.48. The Morgan fingerprint density at radius 2 is 1.78 bits per heavy atom. The van der Waals surface area contributed by atoms with Crippen LogP contribution in [0.1, 0.15) is 64.6 Å². The summed E-state index contributed by atoms with van der Waals surface area (Å²) in [6.07, 6.45) is 6.81. The number of piperidine rings is 1. The average Bonchev–Trinajstić information content (AvgIpc) is 3.13. The molecule has 0 spiro atoms. The first-order valence-electron chi connectivity index (χ1n) is 17.5. The number of aryl methyl sites for hydroxylation is 3. The lowest BCUT2D eigenvalue weighted by molar-refractivity contribution is 0.0943. The maximum absolute atomic E-state index is 13.0. The van der Waals surface area contributed by atoms with Gasteiger partial charge in [-0.05, 0) is 116 Å². The van der Waals surface area contributed by atoms with Gasteiger partial charge in [-0.1, -0.05) is 36.4 Å². The Morgan fingerprint density at radius 1 is 1.02 bits per heavy atom. The third-order valence-electron chi connectivity index (χ3n) is 10.2. The van der Waals surface area contributed by atoms with Crippen LogP contribution in [-0.2, 0) is 6.54 Å². The van der Waals surface area contributed by atoms with Crippen molar-refractivity contribution in [3.63, 3.8) is 0 Å². The number of fused-ring (bicyclic) bond motifs is 1. The molecule has 3 aromatic carbocycles. The molecule has 8 heteroatoms. The SMILES string of the molecule is COc1ccc2cc(-c3ccccc3N(Cc3cnccc3C)C3CCN(C(C)CCNC(=O)c4c(C)cc(C#N)nc4C)CC3)ccc2c1. The Balaban J connectivity index is 1.17. The molecule has 0 aliphatic carbocycles. The lowest BCUT2D eigenvalue weighted by atomic mass is 9.95. The van der Waals surface area contributed by atoms with Crippen LogP contribution in [0.25, 0.3) is 21.9 Å². The van der Waals surface area contributed by atoms with Crippen LogP contribution in [0.5, 0.6) is 5.75 Å². The van der Waals surface area contributed by atoms with E-state index in [1.165, 1.54) is 33.3 Å². The number of nitrogens with one attached hydrogen (secondary N) is 1. The average molecular weight is 667 g/mol. The van der Waals surface area contributed by atoms with Crippen molar-refractivity contribution in [3.8, 4) is 22.9 Å². The van der Waals surface area contributed by atoms with E-state index in [0.29, 0.717) is 35.6 Å². The number of aromatic nitrogens is 2. The number of para-hydroxylation sites is 1. The van der Waals surface area contributed by atoms with Gasteiger partial charge in [-0.3, -0.25) is 9.78 Å². The zero-order chi connectivity index (χ0) is 35.2. The van der Waals surface area contributed by atoms with Crippen LogP contribution in [0.15, 0.2) is 85.2 Å². The van der Waals surface area contributed by atoms with E-state index in [0.717, 1.165) is 55.6 Å². The van der Waals surface area contributed by atoms with E-state index in [4.69, 9.17) is 4.74 Å². The molecule has 1 atom stereocenters. The minimum Gasteiger partial charge on any atom is -0.497 e. The van der Waals surface area contributed by atoms with Gasteiger partial charge in [-0.15, -0.1) is 0 Å². The third kappa shape index (κ3) is 7.64. The molecule has 1 N–H and O–H groups in total. The first kappa shape index (κ1) is 34.6. The summed E-state index contributed by atoms with van der Waals surface area (Å²) in [5.41, 5.74) is 8.40. The highest BCUT2D eigenvalue weighted by Crippen LogP contribution is 2.37. The summed E-state index contributed by atoms with van der Waals surface area (Å²) in [7, 11) is 1.70. The summed E-state index contributed by atoms with van der Waals surface area (Å²) in [4.78, 5) is 26.9. The highest BCUT2D eigenvalue weighted by molar-refractivity contribution is 5.96. The maximum Gasteiger partial charge on any atom is 0.253 e. The molecule has 8 nitrogen and oxygen atoms in total. The van der Waals surface area contributed by atoms with Gasteiger partial charge in [0.2, 0.25) is 0 Å². The van der Waals surface area contributed by atoms with Crippen molar-refractivity contribution in [1.82, 2.24) is 20.2 Å². The van der Waals surface area contributed by atoms with Crippen molar-refractivity contribution in [2.75, 3.05) is 31.6 Å².